The van der Waals surface area contributed by atoms with Crippen molar-refractivity contribution in [1.29, 1.82) is 0 Å². The van der Waals surface area contributed by atoms with Crippen molar-refractivity contribution in [3.8, 4) is 0 Å². The molecular formula is C20H20N2O3. The van der Waals surface area contributed by atoms with Crippen LogP contribution in [0, 0.1) is 0 Å². The number of amides is 1. The van der Waals surface area contributed by atoms with Crippen LogP contribution in [0.25, 0.3) is 11.1 Å². The predicted octanol–water partition coefficient (Wildman–Crippen LogP) is 4.42. The van der Waals surface area contributed by atoms with Crippen LogP contribution in [-0.2, 0) is 0 Å². The lowest BCUT2D eigenvalue weighted by Crippen LogP contribution is -2.12. The number of benzene rings is 2. The molecule has 5 nitrogen and oxygen atoms in total. The zero-order chi connectivity index (χ0) is 17.2. The molecule has 0 atom stereocenters. The maximum Gasteiger partial charge on any atom is 0.417 e. The SMILES string of the molecule is O=C(Nc1ccc2oc(=O)[nH]c2c1)c1ccc(C2CCCCC2)cc1. The maximum absolute atomic E-state index is 12.4. The molecule has 1 aliphatic rings. The van der Waals surface area contributed by atoms with Crippen LogP contribution in [0.2, 0.25) is 0 Å². The number of fused-ring (bicyclic) bond motifs is 1. The molecule has 1 aliphatic carbocycles. The lowest BCUT2D eigenvalue weighted by atomic mass is 9.84. The molecule has 25 heavy (non-hydrogen) atoms. The van der Waals surface area contributed by atoms with Crippen molar-refractivity contribution in [3.63, 3.8) is 0 Å². The summed E-state index contributed by atoms with van der Waals surface area (Å²) >= 11 is 0. The average Bonchev–Trinajstić information content (AvgIpc) is 3.02. The van der Waals surface area contributed by atoms with Gasteiger partial charge in [-0.2, -0.15) is 0 Å². The Balaban J connectivity index is 1.48. The van der Waals surface area contributed by atoms with E-state index in [1.165, 1.54) is 37.7 Å². The fourth-order valence-corrected chi connectivity index (χ4v) is 3.58. The van der Waals surface area contributed by atoms with E-state index in [2.05, 4.69) is 22.4 Å². The highest BCUT2D eigenvalue weighted by atomic mass is 16.4. The van der Waals surface area contributed by atoms with Crippen molar-refractivity contribution in [3.05, 3.63) is 64.1 Å². The smallest absolute Gasteiger partial charge is 0.408 e. The van der Waals surface area contributed by atoms with E-state index in [0.29, 0.717) is 28.3 Å². The van der Waals surface area contributed by atoms with E-state index in [4.69, 9.17) is 4.42 Å². The number of hydrogen-bond donors (Lipinski definition) is 2. The summed E-state index contributed by atoms with van der Waals surface area (Å²) in [5, 5.41) is 2.86. The number of H-pyrrole nitrogens is 1. The van der Waals surface area contributed by atoms with Gasteiger partial charge in [0.05, 0.1) is 5.52 Å². The largest absolute Gasteiger partial charge is 0.417 e. The van der Waals surface area contributed by atoms with E-state index in [1.54, 1.807) is 18.2 Å². The molecule has 5 heteroatoms. The summed E-state index contributed by atoms with van der Waals surface area (Å²) in [5.74, 6) is -0.0386. The lowest BCUT2D eigenvalue weighted by Gasteiger charge is -2.22. The number of carbonyl (C=O) groups excluding carboxylic acids is 1. The predicted molar refractivity (Wildman–Crippen MR) is 97.1 cm³/mol. The summed E-state index contributed by atoms with van der Waals surface area (Å²) in [6.07, 6.45) is 6.42. The minimum atomic E-state index is -0.503. The fraction of sp³-hybridized carbons (Fsp3) is 0.300. The van der Waals surface area contributed by atoms with Gasteiger partial charge in [-0.05, 0) is 54.7 Å². The van der Waals surface area contributed by atoms with Crippen LogP contribution in [0.15, 0.2) is 51.7 Å². The van der Waals surface area contributed by atoms with Crippen molar-refractivity contribution in [2.75, 3.05) is 5.32 Å². The highest BCUT2D eigenvalue weighted by Crippen LogP contribution is 2.32. The number of nitrogens with one attached hydrogen (secondary N) is 2. The van der Waals surface area contributed by atoms with Gasteiger partial charge in [-0.3, -0.25) is 9.78 Å². The van der Waals surface area contributed by atoms with Crippen molar-refractivity contribution in [2.24, 2.45) is 0 Å². The summed E-state index contributed by atoms with van der Waals surface area (Å²) < 4.78 is 4.96. The van der Waals surface area contributed by atoms with Crippen LogP contribution in [0.5, 0.6) is 0 Å². The Morgan fingerprint density at radius 2 is 1.80 bits per heavy atom. The number of hydrogen-bond acceptors (Lipinski definition) is 3. The van der Waals surface area contributed by atoms with Crippen molar-refractivity contribution >= 4 is 22.7 Å². The second kappa shape index (κ2) is 6.59. The Hall–Kier alpha value is -2.82. The Morgan fingerprint density at radius 1 is 1.04 bits per heavy atom. The highest BCUT2D eigenvalue weighted by molar-refractivity contribution is 6.04. The molecule has 128 valence electrons. The molecule has 0 bridgehead atoms. The summed E-state index contributed by atoms with van der Waals surface area (Å²) in [7, 11) is 0. The molecule has 0 radical (unpaired) electrons. The molecule has 2 aromatic carbocycles. The summed E-state index contributed by atoms with van der Waals surface area (Å²) in [6, 6.07) is 13.0. The minimum Gasteiger partial charge on any atom is -0.408 e. The standard InChI is InChI=1S/C20H20N2O3/c23-19(21-16-10-11-18-17(12-16)22-20(24)25-18)15-8-6-14(7-9-15)13-4-2-1-3-5-13/h6-13H,1-5H2,(H,21,23)(H,22,24). The van der Waals surface area contributed by atoms with E-state index in [1.807, 2.05) is 12.1 Å². The quantitative estimate of drug-likeness (QED) is 0.743. The van der Waals surface area contributed by atoms with Gasteiger partial charge in [0.25, 0.3) is 5.91 Å². The van der Waals surface area contributed by atoms with Crippen LogP contribution >= 0.6 is 0 Å². The first kappa shape index (κ1) is 15.7. The van der Waals surface area contributed by atoms with E-state index < -0.39 is 5.76 Å². The van der Waals surface area contributed by atoms with Crippen LogP contribution in [0.3, 0.4) is 0 Å². The first-order valence-electron chi connectivity index (χ1n) is 8.73. The fourth-order valence-electron chi connectivity index (χ4n) is 3.58. The number of rotatable bonds is 3. The topological polar surface area (TPSA) is 75.1 Å². The summed E-state index contributed by atoms with van der Waals surface area (Å²) in [6.45, 7) is 0. The van der Waals surface area contributed by atoms with Gasteiger partial charge in [-0.25, -0.2) is 4.79 Å². The zero-order valence-electron chi connectivity index (χ0n) is 13.9. The third-order valence-corrected chi connectivity index (χ3v) is 4.93. The van der Waals surface area contributed by atoms with Crippen molar-refractivity contribution < 1.29 is 9.21 Å². The van der Waals surface area contributed by atoms with E-state index in [0.717, 1.165) is 0 Å². The van der Waals surface area contributed by atoms with Gasteiger partial charge in [0.2, 0.25) is 0 Å². The molecule has 3 aromatic rings. The average molecular weight is 336 g/mol. The molecule has 1 saturated carbocycles. The Bertz CT molecular complexity index is 947. The maximum atomic E-state index is 12.4. The van der Waals surface area contributed by atoms with E-state index in [9.17, 15) is 9.59 Å². The molecule has 1 aromatic heterocycles. The van der Waals surface area contributed by atoms with E-state index in [-0.39, 0.29) is 5.91 Å². The second-order valence-electron chi connectivity index (χ2n) is 6.64. The number of anilines is 1. The Morgan fingerprint density at radius 3 is 2.56 bits per heavy atom. The molecule has 4 rings (SSSR count). The van der Waals surface area contributed by atoms with Gasteiger partial charge < -0.3 is 9.73 Å². The molecule has 0 saturated heterocycles. The van der Waals surface area contributed by atoms with Gasteiger partial charge in [0, 0.05) is 11.3 Å². The molecule has 2 N–H and O–H groups in total. The van der Waals surface area contributed by atoms with Crippen LogP contribution in [-0.4, -0.2) is 10.9 Å². The zero-order valence-corrected chi connectivity index (χ0v) is 13.9. The normalized spacial score (nSPS) is 15.4. The molecule has 0 aliphatic heterocycles. The molecule has 0 unspecified atom stereocenters. The number of carbonyl (C=O) groups is 1. The third-order valence-electron chi connectivity index (χ3n) is 4.93. The van der Waals surface area contributed by atoms with Crippen LogP contribution < -0.4 is 11.1 Å². The van der Waals surface area contributed by atoms with Gasteiger partial charge in [-0.15, -0.1) is 0 Å². The van der Waals surface area contributed by atoms with Gasteiger partial charge >= 0.3 is 5.76 Å². The van der Waals surface area contributed by atoms with Gasteiger partial charge in [0.15, 0.2) is 5.58 Å². The van der Waals surface area contributed by atoms with E-state index >= 15 is 0 Å². The summed E-state index contributed by atoms with van der Waals surface area (Å²) in [5.41, 5.74) is 3.61. The first-order valence-corrected chi connectivity index (χ1v) is 8.73. The highest BCUT2D eigenvalue weighted by Gasteiger charge is 2.16. The Labute approximate surface area is 145 Å². The first-order chi connectivity index (χ1) is 12.2. The van der Waals surface area contributed by atoms with Gasteiger partial charge in [-0.1, -0.05) is 31.4 Å². The summed E-state index contributed by atoms with van der Waals surface area (Å²) in [4.78, 5) is 26.2. The molecule has 1 heterocycles. The van der Waals surface area contributed by atoms with Gasteiger partial charge in [0.1, 0.15) is 0 Å². The molecule has 0 spiro atoms. The number of aromatic nitrogens is 1. The lowest BCUT2D eigenvalue weighted by molar-refractivity contribution is 0.102. The monoisotopic (exact) mass is 336 g/mol. The number of aromatic amines is 1. The molecule has 1 amide bonds. The molecule has 1 fully saturated rings. The molecular weight excluding hydrogens is 316 g/mol. The third kappa shape index (κ3) is 3.36. The second-order valence-corrected chi connectivity index (χ2v) is 6.64. The minimum absolute atomic E-state index is 0.166. The van der Waals surface area contributed by atoms with Crippen molar-refractivity contribution in [1.82, 2.24) is 4.98 Å². The van der Waals surface area contributed by atoms with Crippen LogP contribution in [0.1, 0.15) is 53.9 Å². The Kier molecular flexibility index (Phi) is 4.14. The van der Waals surface area contributed by atoms with Crippen LogP contribution in [0.4, 0.5) is 5.69 Å². The van der Waals surface area contributed by atoms with Crippen molar-refractivity contribution in [2.45, 2.75) is 38.0 Å². The number of oxazole rings is 1.